The number of benzene rings is 2. The molecule has 1 aromatic heterocycles. The topological polar surface area (TPSA) is 113 Å². The first-order valence-corrected chi connectivity index (χ1v) is 7.94. The average molecular weight is 365 g/mol. The number of nitro benzene ring substituents is 1. The van der Waals surface area contributed by atoms with Crippen molar-refractivity contribution in [3.05, 3.63) is 81.4 Å². The molecule has 0 aliphatic heterocycles. The number of aromatic nitrogens is 3. The highest BCUT2D eigenvalue weighted by molar-refractivity contribution is 5.91. The summed E-state index contributed by atoms with van der Waals surface area (Å²) in [5, 5.41) is 22.9. The third kappa shape index (κ3) is 4.21. The van der Waals surface area contributed by atoms with Crippen LogP contribution < -0.4 is 4.74 Å². The summed E-state index contributed by atoms with van der Waals surface area (Å²) in [4.78, 5) is 22.4. The summed E-state index contributed by atoms with van der Waals surface area (Å²) in [6.07, 6.45) is 1.63. The van der Waals surface area contributed by atoms with Crippen LogP contribution in [0.5, 0.6) is 5.75 Å². The van der Waals surface area contributed by atoms with Crippen molar-refractivity contribution in [2.75, 3.05) is 0 Å². The molecule has 0 radical (unpaired) electrons. The van der Waals surface area contributed by atoms with Gasteiger partial charge in [-0.25, -0.2) is 9.47 Å². The first kappa shape index (κ1) is 17.9. The molecule has 0 aliphatic carbocycles. The minimum absolute atomic E-state index is 0.105. The molecule has 2 aromatic carbocycles. The second kappa shape index (κ2) is 7.56. The minimum atomic E-state index is -0.671. The maximum Gasteiger partial charge on any atom is 0.343 e. The third-order valence-electron chi connectivity index (χ3n) is 3.66. The number of esters is 1. The number of carbonyl (C=O) groups excluding carboxylic acids is 1. The molecule has 0 N–H and O–H groups in total. The molecule has 9 nitrogen and oxygen atoms in total. The van der Waals surface area contributed by atoms with E-state index in [9.17, 15) is 14.9 Å². The van der Waals surface area contributed by atoms with E-state index in [2.05, 4.69) is 15.3 Å². The first-order chi connectivity index (χ1) is 12.9. The van der Waals surface area contributed by atoms with E-state index in [1.54, 1.807) is 49.0 Å². The average Bonchev–Trinajstić information content (AvgIpc) is 2.99. The van der Waals surface area contributed by atoms with Crippen LogP contribution in [-0.4, -0.2) is 32.0 Å². The fourth-order valence-corrected chi connectivity index (χ4v) is 2.29. The van der Waals surface area contributed by atoms with Crippen LogP contribution in [0, 0.1) is 24.0 Å². The highest BCUT2D eigenvalue weighted by Gasteiger charge is 2.13. The van der Waals surface area contributed by atoms with E-state index in [1.807, 2.05) is 0 Å². The van der Waals surface area contributed by atoms with Crippen molar-refractivity contribution < 1.29 is 14.5 Å². The van der Waals surface area contributed by atoms with Gasteiger partial charge in [-0.2, -0.15) is 5.10 Å². The van der Waals surface area contributed by atoms with Gasteiger partial charge in [0, 0.05) is 12.1 Å². The molecule has 3 aromatic rings. The van der Waals surface area contributed by atoms with Crippen molar-refractivity contribution in [2.24, 2.45) is 5.10 Å². The highest BCUT2D eigenvalue weighted by atomic mass is 16.6. The van der Waals surface area contributed by atoms with Crippen LogP contribution in [-0.2, 0) is 0 Å². The molecule has 27 heavy (non-hydrogen) atoms. The molecule has 0 saturated carbocycles. The lowest BCUT2D eigenvalue weighted by atomic mass is 10.2. The number of non-ortho nitro benzene ring substituents is 1. The van der Waals surface area contributed by atoms with Crippen molar-refractivity contribution in [2.45, 2.75) is 13.8 Å². The zero-order chi connectivity index (χ0) is 19.4. The van der Waals surface area contributed by atoms with Crippen LogP contribution in [0.3, 0.4) is 0 Å². The summed E-state index contributed by atoms with van der Waals surface area (Å²) in [6.45, 7) is 3.60. The van der Waals surface area contributed by atoms with Crippen LogP contribution in [0.15, 0.2) is 53.6 Å². The second-order valence-electron chi connectivity index (χ2n) is 5.62. The lowest BCUT2D eigenvalue weighted by molar-refractivity contribution is -0.384. The molecule has 3 rings (SSSR count). The van der Waals surface area contributed by atoms with Crippen molar-refractivity contribution in [3.63, 3.8) is 0 Å². The maximum atomic E-state index is 12.1. The van der Waals surface area contributed by atoms with Crippen molar-refractivity contribution >= 4 is 17.9 Å². The van der Waals surface area contributed by atoms with Crippen LogP contribution >= 0.6 is 0 Å². The van der Waals surface area contributed by atoms with E-state index in [1.165, 1.54) is 24.3 Å². The van der Waals surface area contributed by atoms with Crippen molar-refractivity contribution in [1.29, 1.82) is 0 Å². The Kier molecular flexibility index (Phi) is 5.02. The van der Waals surface area contributed by atoms with Gasteiger partial charge in [0.1, 0.15) is 5.75 Å². The molecular formula is C18H15N5O4. The molecule has 0 atom stereocenters. The summed E-state index contributed by atoms with van der Waals surface area (Å²) in [5.41, 5.74) is 0.724. The van der Waals surface area contributed by atoms with Crippen molar-refractivity contribution in [3.8, 4) is 5.75 Å². The summed E-state index contributed by atoms with van der Waals surface area (Å²) in [7, 11) is 0. The van der Waals surface area contributed by atoms with Gasteiger partial charge in [-0.1, -0.05) is 6.07 Å². The fraction of sp³-hybridized carbons (Fsp3) is 0.111. The number of hydrogen-bond donors (Lipinski definition) is 0. The molecule has 9 heteroatoms. The molecule has 0 aliphatic rings. The standard InChI is InChI=1S/C18H15N5O4/c1-12-20-21-13(2)22(12)19-11-14-6-8-17(9-7-14)27-18(24)15-4-3-5-16(10-15)23(25)26/h3-11H,1-2H3/b19-11-. The van der Waals surface area contributed by atoms with E-state index in [4.69, 9.17) is 4.74 Å². The Morgan fingerprint density at radius 1 is 1.15 bits per heavy atom. The Hall–Kier alpha value is -3.88. The summed E-state index contributed by atoms with van der Waals surface area (Å²) < 4.78 is 6.85. The number of hydrogen-bond acceptors (Lipinski definition) is 7. The van der Waals surface area contributed by atoms with Gasteiger partial charge in [0.2, 0.25) is 0 Å². The van der Waals surface area contributed by atoms with E-state index in [-0.39, 0.29) is 11.3 Å². The predicted octanol–water partition coefficient (Wildman–Crippen LogP) is 2.90. The predicted molar refractivity (Wildman–Crippen MR) is 97.0 cm³/mol. The van der Waals surface area contributed by atoms with Crippen LogP contribution in [0.2, 0.25) is 0 Å². The SMILES string of the molecule is Cc1nnc(C)n1/N=C\c1ccc(OC(=O)c2cccc([N+](=O)[O-])c2)cc1. The van der Waals surface area contributed by atoms with Crippen LogP contribution in [0.25, 0.3) is 0 Å². The maximum absolute atomic E-state index is 12.1. The monoisotopic (exact) mass is 365 g/mol. The highest BCUT2D eigenvalue weighted by Crippen LogP contribution is 2.17. The smallest absolute Gasteiger partial charge is 0.343 e. The molecule has 0 saturated heterocycles. The fourth-order valence-electron chi connectivity index (χ4n) is 2.29. The van der Waals surface area contributed by atoms with Gasteiger partial charge < -0.3 is 4.74 Å². The van der Waals surface area contributed by atoms with E-state index < -0.39 is 10.9 Å². The molecule has 1 heterocycles. The number of nitrogens with zero attached hydrogens (tertiary/aromatic N) is 5. The van der Waals surface area contributed by atoms with E-state index in [0.29, 0.717) is 17.4 Å². The molecule has 0 fully saturated rings. The molecule has 0 bridgehead atoms. The van der Waals surface area contributed by atoms with Gasteiger partial charge in [0.25, 0.3) is 5.69 Å². The van der Waals surface area contributed by atoms with Gasteiger partial charge in [-0.05, 0) is 49.7 Å². The number of nitro groups is 1. The molecular weight excluding hydrogens is 350 g/mol. The lowest BCUT2D eigenvalue weighted by Gasteiger charge is -2.04. The summed E-state index contributed by atoms with van der Waals surface area (Å²) in [5.74, 6) is 0.994. The zero-order valence-electron chi connectivity index (χ0n) is 14.6. The van der Waals surface area contributed by atoms with Crippen LogP contribution in [0.1, 0.15) is 27.6 Å². The second-order valence-corrected chi connectivity index (χ2v) is 5.62. The van der Waals surface area contributed by atoms with Gasteiger partial charge >= 0.3 is 5.97 Å². The quantitative estimate of drug-likeness (QED) is 0.226. The Balaban J connectivity index is 1.70. The zero-order valence-corrected chi connectivity index (χ0v) is 14.6. The van der Waals surface area contributed by atoms with Gasteiger partial charge in [-0.15, -0.1) is 10.2 Å². The van der Waals surface area contributed by atoms with Gasteiger partial charge in [0.05, 0.1) is 16.7 Å². The lowest BCUT2D eigenvalue weighted by Crippen LogP contribution is -2.08. The molecule has 136 valence electrons. The summed E-state index contributed by atoms with van der Waals surface area (Å²) in [6, 6.07) is 12.1. The molecule has 0 amide bonds. The Morgan fingerprint density at radius 2 is 1.81 bits per heavy atom. The van der Waals surface area contributed by atoms with Crippen molar-refractivity contribution in [1.82, 2.24) is 14.9 Å². The molecule has 0 unspecified atom stereocenters. The van der Waals surface area contributed by atoms with E-state index >= 15 is 0 Å². The van der Waals surface area contributed by atoms with Gasteiger partial charge in [-0.3, -0.25) is 10.1 Å². The summed E-state index contributed by atoms with van der Waals surface area (Å²) >= 11 is 0. The number of ether oxygens (including phenoxy) is 1. The Labute approximate surface area is 154 Å². The largest absolute Gasteiger partial charge is 0.423 e. The number of aryl methyl sites for hydroxylation is 2. The first-order valence-electron chi connectivity index (χ1n) is 7.94. The van der Waals surface area contributed by atoms with Gasteiger partial charge in [0.15, 0.2) is 11.6 Å². The number of carbonyl (C=O) groups is 1. The Morgan fingerprint density at radius 3 is 2.44 bits per heavy atom. The Bertz CT molecular complexity index is 1000. The molecule has 0 spiro atoms. The number of rotatable bonds is 5. The minimum Gasteiger partial charge on any atom is -0.423 e. The third-order valence-corrected chi connectivity index (χ3v) is 3.66. The van der Waals surface area contributed by atoms with E-state index in [0.717, 1.165) is 5.56 Å². The van der Waals surface area contributed by atoms with Crippen LogP contribution in [0.4, 0.5) is 5.69 Å². The normalized spacial score (nSPS) is 10.9.